The van der Waals surface area contributed by atoms with Gasteiger partial charge in [0.05, 0.1) is 29.0 Å². The molecule has 20 heavy (non-hydrogen) atoms. The van der Waals surface area contributed by atoms with Gasteiger partial charge in [-0.25, -0.2) is 4.98 Å². The topological polar surface area (TPSA) is 58.1 Å². The number of amides is 1. The molecule has 0 aliphatic rings. The number of nitrogens with zero attached hydrogens (tertiary/aromatic N) is 3. The van der Waals surface area contributed by atoms with E-state index in [0.29, 0.717) is 12.1 Å². The van der Waals surface area contributed by atoms with E-state index in [1.807, 2.05) is 19.9 Å². The number of aryl methyl sites for hydroxylation is 1. The zero-order valence-electron chi connectivity index (χ0n) is 11.9. The zero-order chi connectivity index (χ0) is 14.5. The van der Waals surface area contributed by atoms with E-state index in [-0.39, 0.29) is 5.91 Å². The molecule has 1 amide bonds. The second-order valence-corrected chi connectivity index (χ2v) is 5.41. The van der Waals surface area contributed by atoms with Gasteiger partial charge < -0.3 is 10.2 Å². The molecular formula is C14H18N4OS. The standard InChI is InChI=1S/C14H18N4OS/c1-4-16-12-5-6-15-7-11(12)14(19)18(3)8-13-10(2)17-9-20-13/h5-7,9H,4,8H2,1-3H3,(H,15,16). The Balaban J connectivity index is 2.16. The molecule has 6 heteroatoms. The Morgan fingerprint density at radius 1 is 1.50 bits per heavy atom. The van der Waals surface area contributed by atoms with E-state index in [9.17, 15) is 4.79 Å². The van der Waals surface area contributed by atoms with Gasteiger partial charge in [-0.05, 0) is 19.9 Å². The van der Waals surface area contributed by atoms with E-state index < -0.39 is 0 Å². The van der Waals surface area contributed by atoms with Gasteiger partial charge in [-0.3, -0.25) is 9.78 Å². The molecule has 0 atom stereocenters. The monoisotopic (exact) mass is 290 g/mol. The van der Waals surface area contributed by atoms with E-state index in [4.69, 9.17) is 0 Å². The number of hydrogen-bond acceptors (Lipinski definition) is 5. The van der Waals surface area contributed by atoms with Crippen molar-refractivity contribution < 1.29 is 4.79 Å². The Morgan fingerprint density at radius 3 is 2.95 bits per heavy atom. The maximum absolute atomic E-state index is 12.5. The number of thiazole rings is 1. The van der Waals surface area contributed by atoms with Crippen LogP contribution in [0.1, 0.15) is 27.9 Å². The minimum atomic E-state index is -0.0400. The number of carbonyl (C=O) groups excluding carboxylic acids is 1. The maximum Gasteiger partial charge on any atom is 0.257 e. The molecular weight excluding hydrogens is 272 g/mol. The second-order valence-electron chi connectivity index (χ2n) is 4.47. The van der Waals surface area contributed by atoms with Gasteiger partial charge in [-0.1, -0.05) is 0 Å². The Morgan fingerprint density at radius 2 is 2.30 bits per heavy atom. The van der Waals surface area contributed by atoms with Gasteiger partial charge in [0.2, 0.25) is 0 Å². The van der Waals surface area contributed by atoms with Crippen LogP contribution >= 0.6 is 11.3 Å². The number of pyridine rings is 1. The van der Waals surface area contributed by atoms with Crippen molar-refractivity contribution in [1.82, 2.24) is 14.9 Å². The van der Waals surface area contributed by atoms with Gasteiger partial charge >= 0.3 is 0 Å². The molecule has 0 aliphatic heterocycles. The lowest BCUT2D eigenvalue weighted by Gasteiger charge is -2.18. The van der Waals surface area contributed by atoms with Crippen molar-refractivity contribution in [3.05, 3.63) is 40.1 Å². The molecule has 0 fully saturated rings. The van der Waals surface area contributed by atoms with Gasteiger partial charge in [-0.15, -0.1) is 11.3 Å². The van der Waals surface area contributed by atoms with Crippen LogP contribution in [0.25, 0.3) is 0 Å². The molecule has 0 spiro atoms. The van der Waals surface area contributed by atoms with Crippen LogP contribution in [0, 0.1) is 6.92 Å². The van der Waals surface area contributed by atoms with Crippen molar-refractivity contribution in [3.63, 3.8) is 0 Å². The fourth-order valence-corrected chi connectivity index (χ4v) is 2.71. The number of rotatable bonds is 5. The summed E-state index contributed by atoms with van der Waals surface area (Å²) in [4.78, 5) is 23.6. The molecule has 2 rings (SSSR count). The second kappa shape index (κ2) is 6.47. The average molecular weight is 290 g/mol. The summed E-state index contributed by atoms with van der Waals surface area (Å²) in [5.41, 5.74) is 4.20. The van der Waals surface area contributed by atoms with Crippen LogP contribution < -0.4 is 5.32 Å². The van der Waals surface area contributed by atoms with Crippen molar-refractivity contribution in [1.29, 1.82) is 0 Å². The Kier molecular flexibility index (Phi) is 4.68. The molecule has 0 bridgehead atoms. The fourth-order valence-electron chi connectivity index (χ4n) is 1.88. The highest BCUT2D eigenvalue weighted by atomic mass is 32.1. The lowest BCUT2D eigenvalue weighted by Crippen LogP contribution is -2.27. The largest absolute Gasteiger partial charge is 0.385 e. The van der Waals surface area contributed by atoms with Gasteiger partial charge in [-0.2, -0.15) is 0 Å². The number of hydrogen-bond donors (Lipinski definition) is 1. The molecule has 0 aliphatic carbocycles. The first-order valence-electron chi connectivity index (χ1n) is 6.45. The summed E-state index contributed by atoms with van der Waals surface area (Å²) in [6, 6.07) is 1.82. The van der Waals surface area contributed by atoms with Crippen LogP contribution in [-0.2, 0) is 6.54 Å². The number of nitrogens with one attached hydrogen (secondary N) is 1. The predicted octanol–water partition coefficient (Wildman–Crippen LogP) is 2.55. The van der Waals surface area contributed by atoms with Crippen LogP contribution in [0.5, 0.6) is 0 Å². The summed E-state index contributed by atoms with van der Waals surface area (Å²) in [6.07, 6.45) is 3.29. The normalized spacial score (nSPS) is 10.3. The van der Waals surface area contributed by atoms with E-state index in [2.05, 4.69) is 15.3 Å². The molecule has 0 saturated carbocycles. The molecule has 0 unspecified atom stereocenters. The smallest absolute Gasteiger partial charge is 0.257 e. The predicted molar refractivity (Wildman–Crippen MR) is 81.0 cm³/mol. The SMILES string of the molecule is CCNc1ccncc1C(=O)N(C)Cc1scnc1C. The van der Waals surface area contributed by atoms with Crippen LogP contribution in [0.3, 0.4) is 0 Å². The molecule has 2 aromatic heterocycles. The first-order valence-corrected chi connectivity index (χ1v) is 7.33. The lowest BCUT2D eigenvalue weighted by atomic mass is 10.2. The molecule has 0 radical (unpaired) electrons. The number of anilines is 1. The first-order chi connectivity index (χ1) is 9.63. The van der Waals surface area contributed by atoms with Crippen molar-refractivity contribution in [2.75, 3.05) is 18.9 Å². The van der Waals surface area contributed by atoms with Crippen LogP contribution in [0.4, 0.5) is 5.69 Å². The highest BCUT2D eigenvalue weighted by Gasteiger charge is 2.17. The van der Waals surface area contributed by atoms with E-state index in [0.717, 1.165) is 22.8 Å². The summed E-state index contributed by atoms with van der Waals surface area (Å²) in [6.45, 7) is 5.29. The maximum atomic E-state index is 12.5. The Hall–Kier alpha value is -1.95. The molecule has 0 saturated heterocycles. The van der Waals surface area contributed by atoms with Crippen LogP contribution in [0.2, 0.25) is 0 Å². The minimum Gasteiger partial charge on any atom is -0.385 e. The third kappa shape index (κ3) is 3.14. The Bertz CT molecular complexity index is 596. The molecule has 2 heterocycles. The summed E-state index contributed by atoms with van der Waals surface area (Å²) < 4.78 is 0. The third-order valence-electron chi connectivity index (χ3n) is 2.99. The number of carbonyl (C=O) groups is 1. The van der Waals surface area contributed by atoms with Crippen molar-refractivity contribution in [3.8, 4) is 0 Å². The lowest BCUT2D eigenvalue weighted by molar-refractivity contribution is 0.0787. The molecule has 0 aromatic carbocycles. The third-order valence-corrected chi connectivity index (χ3v) is 3.91. The van der Waals surface area contributed by atoms with Crippen LogP contribution in [-0.4, -0.2) is 34.4 Å². The molecule has 2 aromatic rings. The number of aromatic nitrogens is 2. The van der Waals surface area contributed by atoms with Gasteiger partial charge in [0, 0.05) is 30.9 Å². The molecule has 5 nitrogen and oxygen atoms in total. The van der Waals surface area contributed by atoms with Crippen molar-refractivity contribution in [2.45, 2.75) is 20.4 Å². The summed E-state index contributed by atoms with van der Waals surface area (Å²) >= 11 is 1.57. The summed E-state index contributed by atoms with van der Waals surface area (Å²) in [5, 5.41) is 3.18. The highest BCUT2D eigenvalue weighted by molar-refractivity contribution is 7.09. The highest BCUT2D eigenvalue weighted by Crippen LogP contribution is 2.19. The van der Waals surface area contributed by atoms with Crippen molar-refractivity contribution >= 4 is 22.9 Å². The quantitative estimate of drug-likeness (QED) is 0.919. The first kappa shape index (κ1) is 14.5. The van der Waals surface area contributed by atoms with E-state index >= 15 is 0 Å². The van der Waals surface area contributed by atoms with Gasteiger partial charge in [0.15, 0.2) is 0 Å². The van der Waals surface area contributed by atoms with E-state index in [1.54, 1.807) is 41.2 Å². The van der Waals surface area contributed by atoms with E-state index in [1.165, 1.54) is 0 Å². The minimum absolute atomic E-state index is 0.0400. The molecule has 1 N–H and O–H groups in total. The fraction of sp³-hybridized carbons (Fsp3) is 0.357. The zero-order valence-corrected chi connectivity index (χ0v) is 12.7. The summed E-state index contributed by atoms with van der Waals surface area (Å²) in [5.74, 6) is -0.0400. The van der Waals surface area contributed by atoms with Crippen LogP contribution in [0.15, 0.2) is 24.0 Å². The molecule has 106 valence electrons. The van der Waals surface area contributed by atoms with Gasteiger partial charge in [0.25, 0.3) is 5.91 Å². The summed E-state index contributed by atoms with van der Waals surface area (Å²) in [7, 11) is 1.80. The Labute approximate surface area is 122 Å². The van der Waals surface area contributed by atoms with Gasteiger partial charge in [0.1, 0.15) is 0 Å². The average Bonchev–Trinajstić information content (AvgIpc) is 2.84. The van der Waals surface area contributed by atoms with Crippen molar-refractivity contribution in [2.24, 2.45) is 0 Å².